The van der Waals surface area contributed by atoms with Gasteiger partial charge in [0.2, 0.25) is 5.88 Å². The Balaban J connectivity index is 1.58. The number of hydrogen-bond acceptors (Lipinski definition) is 8. The quantitative estimate of drug-likeness (QED) is 0.666. The van der Waals surface area contributed by atoms with E-state index in [4.69, 9.17) is 25.4 Å². The van der Waals surface area contributed by atoms with Crippen molar-refractivity contribution < 1.29 is 14.2 Å². The van der Waals surface area contributed by atoms with Gasteiger partial charge in [0.05, 0.1) is 43.7 Å². The van der Waals surface area contributed by atoms with Crippen LogP contribution in [0, 0.1) is 5.41 Å². The maximum absolute atomic E-state index is 8.70. The van der Waals surface area contributed by atoms with E-state index in [0.29, 0.717) is 54.9 Å². The van der Waals surface area contributed by atoms with Gasteiger partial charge in [-0.3, -0.25) is 5.41 Å². The van der Waals surface area contributed by atoms with E-state index in [9.17, 15) is 0 Å². The minimum absolute atomic E-state index is 0.0212. The zero-order valence-corrected chi connectivity index (χ0v) is 15.0. The fraction of sp³-hybridized carbons (Fsp3) is 0.421. The monoisotopic (exact) mass is 369 g/mol. The van der Waals surface area contributed by atoms with Gasteiger partial charge in [-0.15, -0.1) is 0 Å². The van der Waals surface area contributed by atoms with Gasteiger partial charge in [-0.25, -0.2) is 9.97 Å². The second kappa shape index (κ2) is 7.89. The zero-order chi connectivity index (χ0) is 18.6. The first-order valence-electron chi connectivity index (χ1n) is 9.09. The number of ether oxygens (including phenoxy) is 3. The van der Waals surface area contributed by atoms with Gasteiger partial charge in [0.1, 0.15) is 11.9 Å². The Labute approximate surface area is 157 Å². The van der Waals surface area contributed by atoms with E-state index in [1.165, 1.54) is 0 Å². The number of nitrogens with zero attached hydrogens (tertiary/aromatic N) is 2. The van der Waals surface area contributed by atoms with E-state index in [2.05, 4.69) is 15.3 Å². The molecule has 0 spiro atoms. The number of aromatic nitrogens is 2. The molecule has 0 radical (unpaired) electrons. The molecule has 0 aliphatic carbocycles. The summed E-state index contributed by atoms with van der Waals surface area (Å²) < 4.78 is 16.6. The molecule has 142 valence electrons. The first-order chi connectivity index (χ1) is 13.2. The van der Waals surface area contributed by atoms with Crippen LogP contribution >= 0.6 is 0 Å². The molecule has 27 heavy (non-hydrogen) atoms. The Morgan fingerprint density at radius 1 is 1.15 bits per heavy atom. The third-order valence-corrected chi connectivity index (χ3v) is 4.68. The topological polar surface area (TPSA) is 115 Å². The summed E-state index contributed by atoms with van der Waals surface area (Å²) in [5.74, 6) is 1.10. The van der Waals surface area contributed by atoms with Gasteiger partial charge in [-0.2, -0.15) is 0 Å². The summed E-state index contributed by atoms with van der Waals surface area (Å²) in [6.07, 6.45) is 4.91. The maximum atomic E-state index is 8.70. The summed E-state index contributed by atoms with van der Waals surface area (Å²) in [4.78, 5) is 8.66. The van der Waals surface area contributed by atoms with Crippen LogP contribution in [0.5, 0.6) is 5.88 Å². The van der Waals surface area contributed by atoms with E-state index < -0.39 is 0 Å². The molecule has 0 aromatic carbocycles. The van der Waals surface area contributed by atoms with Gasteiger partial charge in [0.25, 0.3) is 0 Å². The highest BCUT2D eigenvalue weighted by molar-refractivity contribution is 6.15. The van der Waals surface area contributed by atoms with Crippen molar-refractivity contribution in [1.82, 2.24) is 9.97 Å². The smallest absolute Gasteiger partial charge is 0.225 e. The van der Waals surface area contributed by atoms with Crippen molar-refractivity contribution in [3.05, 3.63) is 41.7 Å². The van der Waals surface area contributed by atoms with Crippen molar-refractivity contribution >= 4 is 17.2 Å². The predicted molar refractivity (Wildman–Crippen MR) is 102 cm³/mol. The van der Waals surface area contributed by atoms with Crippen LogP contribution in [0.3, 0.4) is 0 Å². The number of nitrogen functional groups attached to an aromatic ring is 1. The molecule has 2 aliphatic heterocycles. The Kier molecular flexibility index (Phi) is 5.17. The first kappa shape index (κ1) is 17.7. The Hall–Kier alpha value is -2.71. The Bertz CT molecular complexity index is 819. The molecule has 4 N–H and O–H groups in total. The molecule has 0 atom stereocenters. The molecule has 8 nitrogen and oxygen atoms in total. The van der Waals surface area contributed by atoms with Crippen LogP contribution in [0.2, 0.25) is 0 Å². The molecule has 8 heteroatoms. The largest absolute Gasteiger partial charge is 0.474 e. The van der Waals surface area contributed by atoms with Gasteiger partial charge in [0, 0.05) is 36.5 Å². The van der Waals surface area contributed by atoms with E-state index in [1.807, 2.05) is 6.07 Å². The third kappa shape index (κ3) is 4.01. The maximum Gasteiger partial charge on any atom is 0.225 e. The van der Waals surface area contributed by atoms with Crippen molar-refractivity contribution in [3.63, 3.8) is 0 Å². The summed E-state index contributed by atoms with van der Waals surface area (Å²) >= 11 is 0. The molecule has 0 bridgehead atoms. The number of nitrogens with one attached hydrogen (secondary N) is 2. The van der Waals surface area contributed by atoms with Gasteiger partial charge in [-0.1, -0.05) is 0 Å². The first-order valence-corrected chi connectivity index (χ1v) is 9.09. The summed E-state index contributed by atoms with van der Waals surface area (Å²) in [6, 6.07) is 5.57. The standard InChI is InChI=1S/C19H23N5O3/c20-15-2-6-23-19(27-14-3-7-25-8-4-14)17(15)18(21)12-1-5-22-16(9-12)24-13-10-26-11-13/h1-2,5-6,9,13-14,21H,3-4,7-8,10-11H2,(H2,20,23)(H,22,24). The van der Waals surface area contributed by atoms with Gasteiger partial charge < -0.3 is 25.3 Å². The van der Waals surface area contributed by atoms with Crippen molar-refractivity contribution in [2.45, 2.75) is 25.0 Å². The lowest BCUT2D eigenvalue weighted by Crippen LogP contribution is -2.40. The minimum Gasteiger partial charge on any atom is -0.474 e. The molecule has 2 fully saturated rings. The lowest BCUT2D eigenvalue weighted by molar-refractivity contribution is 0.0209. The number of anilines is 2. The minimum atomic E-state index is 0.0212. The van der Waals surface area contributed by atoms with E-state index >= 15 is 0 Å². The third-order valence-electron chi connectivity index (χ3n) is 4.68. The molecular formula is C19H23N5O3. The second-order valence-corrected chi connectivity index (χ2v) is 6.69. The van der Waals surface area contributed by atoms with E-state index in [-0.39, 0.29) is 17.9 Å². The average molecular weight is 369 g/mol. The van der Waals surface area contributed by atoms with Crippen molar-refractivity contribution in [1.29, 1.82) is 5.41 Å². The van der Waals surface area contributed by atoms with Crippen LogP contribution in [0.1, 0.15) is 24.0 Å². The Morgan fingerprint density at radius 3 is 2.67 bits per heavy atom. The molecule has 2 saturated heterocycles. The number of rotatable bonds is 6. The average Bonchev–Trinajstić information content (AvgIpc) is 2.66. The molecule has 2 aromatic heterocycles. The summed E-state index contributed by atoms with van der Waals surface area (Å²) in [5.41, 5.74) is 8.12. The zero-order valence-electron chi connectivity index (χ0n) is 15.0. The van der Waals surface area contributed by atoms with Gasteiger partial charge in [0.15, 0.2) is 0 Å². The molecule has 2 aliphatic rings. The second-order valence-electron chi connectivity index (χ2n) is 6.69. The number of pyridine rings is 2. The lowest BCUT2D eigenvalue weighted by atomic mass is 10.0. The normalized spacial score (nSPS) is 17.9. The van der Waals surface area contributed by atoms with Crippen molar-refractivity contribution in [2.24, 2.45) is 0 Å². The lowest BCUT2D eigenvalue weighted by Gasteiger charge is -2.27. The van der Waals surface area contributed by atoms with Crippen LogP contribution in [-0.2, 0) is 9.47 Å². The Morgan fingerprint density at radius 2 is 1.93 bits per heavy atom. The van der Waals surface area contributed by atoms with Crippen LogP contribution < -0.4 is 15.8 Å². The highest BCUT2D eigenvalue weighted by Gasteiger charge is 2.22. The van der Waals surface area contributed by atoms with Crippen LogP contribution in [-0.4, -0.2) is 54.3 Å². The summed E-state index contributed by atoms with van der Waals surface area (Å²) in [6.45, 7) is 2.68. The van der Waals surface area contributed by atoms with Crippen LogP contribution in [0.4, 0.5) is 11.5 Å². The van der Waals surface area contributed by atoms with Gasteiger partial charge in [-0.05, 0) is 18.2 Å². The predicted octanol–water partition coefficient (Wildman–Crippen LogP) is 1.84. The number of nitrogens with two attached hydrogens (primary N) is 1. The van der Waals surface area contributed by atoms with Crippen LogP contribution in [0.25, 0.3) is 0 Å². The van der Waals surface area contributed by atoms with Crippen molar-refractivity contribution in [2.75, 3.05) is 37.5 Å². The molecule has 2 aromatic rings. The molecule has 0 unspecified atom stereocenters. The van der Waals surface area contributed by atoms with Crippen LogP contribution in [0.15, 0.2) is 30.6 Å². The fourth-order valence-corrected chi connectivity index (χ4v) is 3.09. The summed E-state index contributed by atoms with van der Waals surface area (Å²) in [7, 11) is 0. The fourth-order valence-electron chi connectivity index (χ4n) is 3.09. The van der Waals surface area contributed by atoms with Gasteiger partial charge >= 0.3 is 0 Å². The van der Waals surface area contributed by atoms with Crippen molar-refractivity contribution in [3.8, 4) is 5.88 Å². The molecular weight excluding hydrogens is 346 g/mol. The highest BCUT2D eigenvalue weighted by atomic mass is 16.5. The van der Waals surface area contributed by atoms with E-state index in [1.54, 1.807) is 24.5 Å². The molecule has 0 saturated carbocycles. The summed E-state index contributed by atoms with van der Waals surface area (Å²) in [5, 5.41) is 12.0. The molecule has 4 rings (SSSR count). The molecule has 0 amide bonds. The SMILES string of the molecule is N=C(c1ccnc(NC2COC2)c1)c1c(N)ccnc1OC1CCOCC1. The molecule has 4 heterocycles. The highest BCUT2D eigenvalue weighted by Crippen LogP contribution is 2.28. The number of hydrogen-bond donors (Lipinski definition) is 3. The van der Waals surface area contributed by atoms with E-state index in [0.717, 1.165) is 12.8 Å².